The zero-order chi connectivity index (χ0) is 13.6. The first-order valence-corrected chi connectivity index (χ1v) is 8.03. The van der Waals surface area contributed by atoms with Gasteiger partial charge in [-0.3, -0.25) is 0 Å². The smallest absolute Gasteiger partial charge is 0.00159 e. The molecule has 4 unspecified atom stereocenters. The summed E-state index contributed by atoms with van der Waals surface area (Å²) >= 11 is 0. The van der Waals surface area contributed by atoms with Crippen molar-refractivity contribution < 1.29 is 0 Å². The fourth-order valence-electron chi connectivity index (χ4n) is 4.94. The Labute approximate surface area is 118 Å². The average Bonchev–Trinajstić information content (AvgIpc) is 2.38. The van der Waals surface area contributed by atoms with Gasteiger partial charge in [-0.05, 0) is 49.9 Å². The number of allylic oxidation sites excluding steroid dienone is 6. The van der Waals surface area contributed by atoms with E-state index in [9.17, 15) is 0 Å². The molecule has 0 amide bonds. The maximum Gasteiger partial charge on any atom is 0.00159 e. The van der Waals surface area contributed by atoms with Crippen LogP contribution in [0, 0.1) is 29.1 Å². The molecule has 0 aromatic rings. The highest BCUT2D eigenvalue weighted by Gasteiger charge is 2.46. The van der Waals surface area contributed by atoms with Gasteiger partial charge >= 0.3 is 0 Å². The Kier molecular flexibility index (Phi) is 3.23. The van der Waals surface area contributed by atoms with Crippen molar-refractivity contribution in [2.75, 3.05) is 0 Å². The maximum atomic E-state index is 2.53. The zero-order valence-corrected chi connectivity index (χ0v) is 12.9. The van der Waals surface area contributed by atoms with Crippen LogP contribution in [0.5, 0.6) is 0 Å². The molecule has 0 saturated heterocycles. The standard InChI is InChI=1S/C19H28/c1-13-14-9-5-7-11-16(14)18(19(2,3)4)17-12-8-6-10-15(13)17/h5,8-9,12,14,16-18H,6-7,10-11H2,1-4H3. The third-order valence-electron chi connectivity index (χ3n) is 5.65. The summed E-state index contributed by atoms with van der Waals surface area (Å²) in [6.45, 7) is 9.77. The molecule has 0 aliphatic heterocycles. The summed E-state index contributed by atoms with van der Waals surface area (Å²) in [5.41, 5.74) is 3.89. The molecule has 3 aliphatic carbocycles. The van der Waals surface area contributed by atoms with Gasteiger partial charge in [-0.2, -0.15) is 0 Å². The fraction of sp³-hybridized carbons (Fsp3) is 0.684. The molecule has 0 nitrogen and oxygen atoms in total. The van der Waals surface area contributed by atoms with E-state index in [4.69, 9.17) is 0 Å². The Morgan fingerprint density at radius 1 is 1.00 bits per heavy atom. The molecule has 3 aliphatic rings. The van der Waals surface area contributed by atoms with Gasteiger partial charge in [-0.25, -0.2) is 0 Å². The number of rotatable bonds is 0. The largest absolute Gasteiger partial charge is 0.0879 e. The molecule has 0 saturated carbocycles. The summed E-state index contributed by atoms with van der Waals surface area (Å²) in [5, 5.41) is 0. The second kappa shape index (κ2) is 4.65. The van der Waals surface area contributed by atoms with Crippen LogP contribution in [0.4, 0.5) is 0 Å². The molecular weight excluding hydrogens is 228 g/mol. The van der Waals surface area contributed by atoms with E-state index in [-0.39, 0.29) is 0 Å². The Bertz CT molecular complexity index is 441. The van der Waals surface area contributed by atoms with Crippen molar-refractivity contribution in [2.24, 2.45) is 29.1 Å². The van der Waals surface area contributed by atoms with E-state index in [2.05, 4.69) is 52.0 Å². The van der Waals surface area contributed by atoms with Gasteiger partial charge in [0, 0.05) is 11.8 Å². The van der Waals surface area contributed by atoms with Crippen LogP contribution in [-0.4, -0.2) is 0 Å². The molecule has 19 heavy (non-hydrogen) atoms. The predicted octanol–water partition coefficient (Wildman–Crippen LogP) is 5.53. The SMILES string of the molecule is CC1=C2CCC=CC2C(C(C)(C)C)C2CCC=CC12. The number of hydrogen-bond acceptors (Lipinski definition) is 0. The molecule has 0 heterocycles. The highest BCUT2D eigenvalue weighted by atomic mass is 14.5. The van der Waals surface area contributed by atoms with Gasteiger partial charge in [0.15, 0.2) is 0 Å². The molecule has 0 spiro atoms. The van der Waals surface area contributed by atoms with Crippen LogP contribution in [0.3, 0.4) is 0 Å². The van der Waals surface area contributed by atoms with Crippen molar-refractivity contribution >= 4 is 0 Å². The fourth-order valence-corrected chi connectivity index (χ4v) is 4.94. The third kappa shape index (κ3) is 2.14. The zero-order valence-electron chi connectivity index (χ0n) is 12.9. The van der Waals surface area contributed by atoms with E-state index in [0.717, 1.165) is 23.7 Å². The van der Waals surface area contributed by atoms with Crippen molar-refractivity contribution in [1.29, 1.82) is 0 Å². The molecule has 0 heteroatoms. The van der Waals surface area contributed by atoms with E-state index in [1.165, 1.54) is 25.7 Å². The normalized spacial score (nSPS) is 38.1. The van der Waals surface area contributed by atoms with Crippen LogP contribution in [-0.2, 0) is 0 Å². The topological polar surface area (TPSA) is 0 Å². The Hall–Kier alpha value is -0.780. The first kappa shape index (κ1) is 13.2. The van der Waals surface area contributed by atoms with Gasteiger partial charge in [-0.15, -0.1) is 0 Å². The monoisotopic (exact) mass is 256 g/mol. The van der Waals surface area contributed by atoms with Crippen LogP contribution < -0.4 is 0 Å². The van der Waals surface area contributed by atoms with E-state index in [1.807, 2.05) is 0 Å². The molecule has 104 valence electrons. The van der Waals surface area contributed by atoms with Gasteiger partial charge in [0.2, 0.25) is 0 Å². The van der Waals surface area contributed by atoms with Gasteiger partial charge in [-0.1, -0.05) is 56.2 Å². The lowest BCUT2D eigenvalue weighted by atomic mass is 9.53. The molecule has 0 N–H and O–H groups in total. The van der Waals surface area contributed by atoms with Crippen molar-refractivity contribution in [2.45, 2.75) is 53.4 Å². The molecule has 0 aromatic heterocycles. The van der Waals surface area contributed by atoms with E-state index < -0.39 is 0 Å². The molecule has 0 bridgehead atoms. The molecule has 0 aromatic carbocycles. The molecule has 3 rings (SSSR count). The van der Waals surface area contributed by atoms with Gasteiger partial charge in [0.1, 0.15) is 0 Å². The number of hydrogen-bond donors (Lipinski definition) is 0. The Morgan fingerprint density at radius 2 is 1.68 bits per heavy atom. The molecule has 0 radical (unpaired) electrons. The van der Waals surface area contributed by atoms with Gasteiger partial charge in [0.25, 0.3) is 0 Å². The van der Waals surface area contributed by atoms with E-state index in [1.54, 1.807) is 11.1 Å². The second-order valence-electron chi connectivity index (χ2n) is 7.79. The lowest BCUT2D eigenvalue weighted by Gasteiger charge is -2.51. The molecule has 0 fully saturated rings. The maximum absolute atomic E-state index is 2.53. The lowest BCUT2D eigenvalue weighted by molar-refractivity contribution is 0.0798. The minimum atomic E-state index is 0.409. The van der Waals surface area contributed by atoms with Crippen molar-refractivity contribution in [3.05, 3.63) is 35.5 Å². The Morgan fingerprint density at radius 3 is 2.42 bits per heavy atom. The van der Waals surface area contributed by atoms with Crippen molar-refractivity contribution in [1.82, 2.24) is 0 Å². The van der Waals surface area contributed by atoms with Gasteiger partial charge in [0.05, 0.1) is 0 Å². The third-order valence-corrected chi connectivity index (χ3v) is 5.65. The summed E-state index contributed by atoms with van der Waals surface area (Å²) in [7, 11) is 0. The van der Waals surface area contributed by atoms with Crippen molar-refractivity contribution in [3.8, 4) is 0 Å². The van der Waals surface area contributed by atoms with Crippen LogP contribution in [0.2, 0.25) is 0 Å². The summed E-state index contributed by atoms with van der Waals surface area (Å²) in [6, 6.07) is 0. The molecule has 4 atom stereocenters. The second-order valence-corrected chi connectivity index (χ2v) is 7.79. The quantitative estimate of drug-likeness (QED) is 0.500. The summed E-state index contributed by atoms with van der Waals surface area (Å²) in [6.07, 6.45) is 15.1. The highest BCUT2D eigenvalue weighted by Crippen LogP contribution is 2.55. The predicted molar refractivity (Wildman–Crippen MR) is 82.9 cm³/mol. The van der Waals surface area contributed by atoms with Gasteiger partial charge < -0.3 is 0 Å². The Balaban J connectivity index is 2.11. The van der Waals surface area contributed by atoms with Crippen LogP contribution >= 0.6 is 0 Å². The highest BCUT2D eigenvalue weighted by molar-refractivity contribution is 5.34. The van der Waals surface area contributed by atoms with E-state index in [0.29, 0.717) is 5.41 Å². The summed E-state index contributed by atoms with van der Waals surface area (Å²) in [4.78, 5) is 0. The summed E-state index contributed by atoms with van der Waals surface area (Å²) in [5.74, 6) is 3.14. The first-order valence-electron chi connectivity index (χ1n) is 8.03. The van der Waals surface area contributed by atoms with Crippen LogP contribution in [0.25, 0.3) is 0 Å². The van der Waals surface area contributed by atoms with E-state index >= 15 is 0 Å². The average molecular weight is 256 g/mol. The van der Waals surface area contributed by atoms with Crippen LogP contribution in [0.1, 0.15) is 53.4 Å². The minimum Gasteiger partial charge on any atom is -0.0879 e. The minimum absolute atomic E-state index is 0.409. The number of fused-ring (bicyclic) bond motifs is 2. The van der Waals surface area contributed by atoms with Crippen molar-refractivity contribution in [3.63, 3.8) is 0 Å². The summed E-state index contributed by atoms with van der Waals surface area (Å²) < 4.78 is 0. The first-order chi connectivity index (χ1) is 9.00. The van der Waals surface area contributed by atoms with Crippen LogP contribution in [0.15, 0.2) is 35.5 Å². The molecular formula is C19H28. The lowest BCUT2D eigenvalue weighted by Crippen LogP contribution is -2.43.